The van der Waals surface area contributed by atoms with Gasteiger partial charge in [-0.05, 0) is 6.07 Å². The van der Waals surface area contributed by atoms with Crippen molar-refractivity contribution in [2.45, 2.75) is 6.42 Å². The standard InChI is InChI=1S/C10H13NO3/c1-13-9-6-4-3-5-8(9)7-10(12)11-14-2/h3-6H,7H2,1-2H3,(H,11,12). The molecule has 0 atom stereocenters. The van der Waals surface area contributed by atoms with E-state index in [0.29, 0.717) is 5.75 Å². The molecule has 0 radical (unpaired) electrons. The lowest BCUT2D eigenvalue weighted by molar-refractivity contribution is -0.130. The molecule has 1 aromatic carbocycles. The average molecular weight is 195 g/mol. The van der Waals surface area contributed by atoms with Gasteiger partial charge in [0.15, 0.2) is 0 Å². The molecule has 0 fully saturated rings. The normalized spacial score (nSPS) is 9.57. The third-order valence-electron chi connectivity index (χ3n) is 1.76. The zero-order chi connectivity index (χ0) is 10.4. The Kier molecular flexibility index (Phi) is 3.94. The summed E-state index contributed by atoms with van der Waals surface area (Å²) in [6, 6.07) is 7.37. The maximum atomic E-state index is 11.2. The van der Waals surface area contributed by atoms with Crippen LogP contribution in [0, 0.1) is 0 Å². The summed E-state index contributed by atoms with van der Waals surface area (Å²) >= 11 is 0. The number of carbonyl (C=O) groups excluding carboxylic acids is 1. The van der Waals surface area contributed by atoms with Crippen LogP contribution >= 0.6 is 0 Å². The summed E-state index contributed by atoms with van der Waals surface area (Å²) in [5.41, 5.74) is 3.09. The fraction of sp³-hybridized carbons (Fsp3) is 0.300. The second-order valence-electron chi connectivity index (χ2n) is 2.72. The van der Waals surface area contributed by atoms with E-state index in [1.165, 1.54) is 7.11 Å². The minimum atomic E-state index is -0.197. The Balaban J connectivity index is 2.70. The largest absolute Gasteiger partial charge is 0.496 e. The number of hydroxylamine groups is 1. The molecule has 0 aliphatic rings. The molecule has 0 spiro atoms. The Morgan fingerprint density at radius 3 is 2.71 bits per heavy atom. The number of para-hydroxylation sites is 1. The van der Waals surface area contributed by atoms with Crippen LogP contribution in [0.1, 0.15) is 5.56 Å². The maximum absolute atomic E-state index is 11.2. The molecule has 0 saturated heterocycles. The van der Waals surface area contributed by atoms with E-state index in [9.17, 15) is 4.79 Å². The fourth-order valence-electron chi connectivity index (χ4n) is 1.17. The van der Waals surface area contributed by atoms with E-state index in [1.807, 2.05) is 24.3 Å². The average Bonchev–Trinajstić information content (AvgIpc) is 2.19. The van der Waals surface area contributed by atoms with Crippen molar-refractivity contribution in [1.82, 2.24) is 5.48 Å². The first kappa shape index (κ1) is 10.5. The minimum absolute atomic E-state index is 0.197. The SMILES string of the molecule is CONC(=O)Cc1ccccc1OC. The number of ether oxygens (including phenoxy) is 1. The molecule has 0 bridgehead atoms. The number of benzene rings is 1. The van der Waals surface area contributed by atoms with Crippen LogP contribution in [0.15, 0.2) is 24.3 Å². The second kappa shape index (κ2) is 5.24. The summed E-state index contributed by atoms with van der Waals surface area (Å²) in [4.78, 5) is 15.7. The predicted molar refractivity (Wildman–Crippen MR) is 51.8 cm³/mol. The van der Waals surface area contributed by atoms with Crippen LogP contribution in [-0.2, 0) is 16.1 Å². The topological polar surface area (TPSA) is 47.6 Å². The highest BCUT2D eigenvalue weighted by Gasteiger charge is 2.06. The first-order chi connectivity index (χ1) is 6.77. The molecule has 4 nitrogen and oxygen atoms in total. The van der Waals surface area contributed by atoms with Crippen LogP contribution in [0.5, 0.6) is 5.75 Å². The van der Waals surface area contributed by atoms with Crippen molar-refractivity contribution in [2.75, 3.05) is 14.2 Å². The monoisotopic (exact) mass is 195 g/mol. The Bertz CT molecular complexity index is 312. The van der Waals surface area contributed by atoms with Gasteiger partial charge in [0.05, 0.1) is 20.6 Å². The fourth-order valence-corrected chi connectivity index (χ4v) is 1.17. The number of carbonyl (C=O) groups is 1. The Hall–Kier alpha value is -1.55. The molecule has 0 aromatic heterocycles. The number of methoxy groups -OCH3 is 1. The van der Waals surface area contributed by atoms with Crippen molar-refractivity contribution in [3.05, 3.63) is 29.8 Å². The van der Waals surface area contributed by atoms with Gasteiger partial charge >= 0.3 is 0 Å². The molecule has 76 valence electrons. The highest BCUT2D eigenvalue weighted by molar-refractivity contribution is 5.78. The van der Waals surface area contributed by atoms with Gasteiger partial charge in [0.1, 0.15) is 5.75 Å². The molecule has 1 rings (SSSR count). The minimum Gasteiger partial charge on any atom is -0.496 e. The molecule has 0 heterocycles. The Morgan fingerprint density at radius 1 is 1.36 bits per heavy atom. The summed E-state index contributed by atoms with van der Waals surface area (Å²) < 4.78 is 5.10. The van der Waals surface area contributed by atoms with Gasteiger partial charge in [0.2, 0.25) is 5.91 Å². The van der Waals surface area contributed by atoms with E-state index in [1.54, 1.807) is 7.11 Å². The van der Waals surface area contributed by atoms with Crippen LogP contribution < -0.4 is 10.2 Å². The third kappa shape index (κ3) is 2.74. The number of amides is 1. The molecule has 1 amide bonds. The van der Waals surface area contributed by atoms with E-state index in [0.717, 1.165) is 5.56 Å². The van der Waals surface area contributed by atoms with Crippen LogP contribution in [0.2, 0.25) is 0 Å². The van der Waals surface area contributed by atoms with Crippen molar-refractivity contribution in [2.24, 2.45) is 0 Å². The lowest BCUT2D eigenvalue weighted by Crippen LogP contribution is -2.23. The Morgan fingerprint density at radius 2 is 2.07 bits per heavy atom. The van der Waals surface area contributed by atoms with Crippen molar-refractivity contribution in [3.8, 4) is 5.75 Å². The third-order valence-corrected chi connectivity index (χ3v) is 1.76. The van der Waals surface area contributed by atoms with Gasteiger partial charge in [0, 0.05) is 5.56 Å². The lowest BCUT2D eigenvalue weighted by atomic mass is 10.1. The molecule has 1 aromatic rings. The summed E-state index contributed by atoms with van der Waals surface area (Å²) in [6.45, 7) is 0. The quantitative estimate of drug-likeness (QED) is 0.726. The zero-order valence-electron chi connectivity index (χ0n) is 8.24. The van der Waals surface area contributed by atoms with Gasteiger partial charge < -0.3 is 4.74 Å². The van der Waals surface area contributed by atoms with Crippen LogP contribution in [0.25, 0.3) is 0 Å². The van der Waals surface area contributed by atoms with Crippen LogP contribution in [0.3, 0.4) is 0 Å². The highest BCUT2D eigenvalue weighted by Crippen LogP contribution is 2.17. The van der Waals surface area contributed by atoms with Crippen molar-refractivity contribution < 1.29 is 14.4 Å². The number of rotatable bonds is 4. The van der Waals surface area contributed by atoms with Gasteiger partial charge in [0.25, 0.3) is 0 Å². The molecular weight excluding hydrogens is 182 g/mol. The van der Waals surface area contributed by atoms with Gasteiger partial charge in [-0.1, -0.05) is 18.2 Å². The van der Waals surface area contributed by atoms with Crippen LogP contribution in [-0.4, -0.2) is 20.1 Å². The number of hydrogen-bond donors (Lipinski definition) is 1. The van der Waals surface area contributed by atoms with E-state index in [2.05, 4.69) is 10.3 Å². The van der Waals surface area contributed by atoms with Gasteiger partial charge in [-0.3, -0.25) is 9.63 Å². The van der Waals surface area contributed by atoms with Gasteiger partial charge in [-0.25, -0.2) is 5.48 Å². The first-order valence-electron chi connectivity index (χ1n) is 4.21. The molecule has 14 heavy (non-hydrogen) atoms. The predicted octanol–water partition coefficient (Wildman–Crippen LogP) is 0.915. The summed E-state index contributed by atoms with van der Waals surface area (Å²) in [5.74, 6) is 0.510. The molecule has 0 saturated carbocycles. The molecule has 0 aliphatic carbocycles. The number of nitrogens with one attached hydrogen (secondary N) is 1. The van der Waals surface area contributed by atoms with E-state index < -0.39 is 0 Å². The second-order valence-corrected chi connectivity index (χ2v) is 2.72. The summed E-state index contributed by atoms with van der Waals surface area (Å²) in [7, 11) is 2.98. The molecule has 0 unspecified atom stereocenters. The molecule has 0 aliphatic heterocycles. The molecule has 4 heteroatoms. The smallest absolute Gasteiger partial charge is 0.248 e. The number of hydrogen-bond acceptors (Lipinski definition) is 3. The summed E-state index contributed by atoms with van der Waals surface area (Å²) in [5, 5.41) is 0. The van der Waals surface area contributed by atoms with Crippen LogP contribution in [0.4, 0.5) is 0 Å². The maximum Gasteiger partial charge on any atom is 0.248 e. The van der Waals surface area contributed by atoms with Crippen molar-refractivity contribution >= 4 is 5.91 Å². The van der Waals surface area contributed by atoms with Gasteiger partial charge in [-0.2, -0.15) is 0 Å². The van der Waals surface area contributed by atoms with Crippen molar-refractivity contribution in [3.63, 3.8) is 0 Å². The molecular formula is C10H13NO3. The van der Waals surface area contributed by atoms with Gasteiger partial charge in [-0.15, -0.1) is 0 Å². The zero-order valence-corrected chi connectivity index (χ0v) is 8.24. The summed E-state index contributed by atoms with van der Waals surface area (Å²) in [6.07, 6.45) is 0.248. The first-order valence-corrected chi connectivity index (χ1v) is 4.21. The molecule has 1 N–H and O–H groups in total. The Labute approximate surface area is 82.8 Å². The van der Waals surface area contributed by atoms with E-state index in [-0.39, 0.29) is 12.3 Å². The van der Waals surface area contributed by atoms with E-state index >= 15 is 0 Å². The highest BCUT2D eigenvalue weighted by atomic mass is 16.6. The van der Waals surface area contributed by atoms with Crippen molar-refractivity contribution in [1.29, 1.82) is 0 Å². The van der Waals surface area contributed by atoms with E-state index in [4.69, 9.17) is 4.74 Å². The lowest BCUT2D eigenvalue weighted by Gasteiger charge is -2.07.